The minimum atomic E-state index is -0.0637. The van der Waals surface area contributed by atoms with Crippen molar-refractivity contribution in [3.8, 4) is 21.7 Å². The highest BCUT2D eigenvalue weighted by atomic mass is 32.1. The summed E-state index contributed by atoms with van der Waals surface area (Å²) in [5, 5.41) is 3.85. The Hall–Kier alpha value is -3.50. The largest absolute Gasteiger partial charge is 0.321 e. The predicted octanol–water partition coefficient (Wildman–Crippen LogP) is 6.34. The van der Waals surface area contributed by atoms with E-state index in [0.29, 0.717) is 5.56 Å². The molecule has 1 N–H and O–H groups in total. The van der Waals surface area contributed by atoms with Gasteiger partial charge < -0.3 is 5.32 Å². The summed E-state index contributed by atoms with van der Waals surface area (Å²) in [6.07, 6.45) is 1.98. The zero-order valence-corrected chi connectivity index (χ0v) is 17.6. The number of benzene rings is 3. The molecule has 0 radical (unpaired) electrons. The number of nitrogens with one attached hydrogen (secondary N) is 1. The van der Waals surface area contributed by atoms with E-state index in [1.54, 1.807) is 11.3 Å². The molecule has 0 aliphatic carbocycles. The molecule has 4 aromatic rings. The number of carbonyl (C=O) groups is 1. The van der Waals surface area contributed by atoms with Crippen molar-refractivity contribution in [3.05, 3.63) is 100 Å². The van der Waals surface area contributed by atoms with Gasteiger partial charge in [-0.15, -0.1) is 11.3 Å². The van der Waals surface area contributed by atoms with Gasteiger partial charge in [0.1, 0.15) is 5.01 Å². The summed E-state index contributed by atoms with van der Waals surface area (Å²) in [5.41, 5.74) is 8.08. The highest BCUT2D eigenvalue weighted by molar-refractivity contribution is 7.16. The lowest BCUT2D eigenvalue weighted by Crippen LogP contribution is -2.11. The van der Waals surface area contributed by atoms with Crippen LogP contribution in [-0.4, -0.2) is 10.9 Å². The summed E-state index contributed by atoms with van der Waals surface area (Å²) in [5.74, 6) is -0.0637. The van der Waals surface area contributed by atoms with Crippen LogP contribution in [0.15, 0.2) is 72.8 Å². The van der Waals surface area contributed by atoms with Crippen molar-refractivity contribution >= 4 is 29.0 Å². The van der Waals surface area contributed by atoms with Crippen LogP contribution in [0.1, 0.15) is 32.1 Å². The normalized spacial score (nSPS) is 14.1. The van der Waals surface area contributed by atoms with Crippen LogP contribution in [0.5, 0.6) is 0 Å². The summed E-state index contributed by atoms with van der Waals surface area (Å²) in [7, 11) is 0. The highest BCUT2D eigenvalue weighted by Crippen LogP contribution is 2.39. The number of fused-ring (bicyclic) bond motifs is 1. The lowest BCUT2D eigenvalue weighted by Gasteiger charge is -2.04. The van der Waals surface area contributed by atoms with Crippen molar-refractivity contribution in [1.82, 2.24) is 10.3 Å². The van der Waals surface area contributed by atoms with Gasteiger partial charge in [-0.05, 0) is 37.6 Å². The first-order valence-electron chi connectivity index (χ1n) is 9.86. The maximum absolute atomic E-state index is 12.3. The number of aryl methyl sites for hydroxylation is 2. The standard InChI is InChI=1S/C26H20N2OS/c1-16-7-5-9-18(13-16)24-25(19-10-6-8-17(2)14-19)30-23(28-24)15-22-20-11-3-4-12-21(20)26(29)27-22/h3-15H,1-2H3,(H,27,29)/b22-15-. The molecule has 3 nitrogen and oxygen atoms in total. The molecule has 0 bridgehead atoms. The maximum Gasteiger partial charge on any atom is 0.256 e. The summed E-state index contributed by atoms with van der Waals surface area (Å²) in [4.78, 5) is 18.4. The molecule has 1 aliphatic rings. The molecule has 3 aromatic carbocycles. The van der Waals surface area contributed by atoms with Gasteiger partial charge >= 0.3 is 0 Å². The number of hydrogen-bond donors (Lipinski definition) is 1. The minimum Gasteiger partial charge on any atom is -0.321 e. The Kier molecular flexibility index (Phi) is 4.57. The second kappa shape index (κ2) is 7.39. The van der Waals surface area contributed by atoms with Gasteiger partial charge in [-0.1, -0.05) is 71.8 Å². The van der Waals surface area contributed by atoms with Crippen LogP contribution >= 0.6 is 11.3 Å². The Labute approximate surface area is 179 Å². The van der Waals surface area contributed by atoms with Crippen molar-refractivity contribution in [2.45, 2.75) is 13.8 Å². The smallest absolute Gasteiger partial charge is 0.256 e. The first kappa shape index (κ1) is 18.5. The summed E-state index contributed by atoms with van der Waals surface area (Å²) < 4.78 is 0. The van der Waals surface area contributed by atoms with Gasteiger partial charge in [0.25, 0.3) is 5.91 Å². The van der Waals surface area contributed by atoms with Crippen LogP contribution in [0.25, 0.3) is 33.5 Å². The zero-order chi connectivity index (χ0) is 20.7. The van der Waals surface area contributed by atoms with Crippen molar-refractivity contribution in [2.75, 3.05) is 0 Å². The lowest BCUT2D eigenvalue weighted by molar-refractivity contribution is 0.0981. The molecule has 1 amide bonds. The third-order valence-corrected chi connectivity index (χ3v) is 6.24. The van der Waals surface area contributed by atoms with Crippen molar-refractivity contribution in [1.29, 1.82) is 0 Å². The number of nitrogens with zero attached hydrogens (tertiary/aromatic N) is 1. The van der Waals surface area contributed by atoms with Crippen LogP contribution in [0.2, 0.25) is 0 Å². The molecular formula is C26H20N2OS. The van der Waals surface area contributed by atoms with Crippen LogP contribution in [-0.2, 0) is 0 Å². The predicted molar refractivity (Wildman–Crippen MR) is 124 cm³/mol. The number of thiazole rings is 1. The second-order valence-electron chi connectivity index (χ2n) is 7.53. The first-order chi connectivity index (χ1) is 14.6. The quantitative estimate of drug-likeness (QED) is 0.430. The summed E-state index contributed by atoms with van der Waals surface area (Å²) in [6.45, 7) is 4.20. The lowest BCUT2D eigenvalue weighted by atomic mass is 10.0. The van der Waals surface area contributed by atoms with Gasteiger partial charge in [0.05, 0.1) is 16.3 Å². The Morgan fingerprint density at radius 2 is 1.50 bits per heavy atom. The van der Waals surface area contributed by atoms with Crippen LogP contribution in [0.4, 0.5) is 0 Å². The van der Waals surface area contributed by atoms with Crippen LogP contribution < -0.4 is 5.32 Å². The van der Waals surface area contributed by atoms with Gasteiger partial charge in [0.2, 0.25) is 0 Å². The van der Waals surface area contributed by atoms with E-state index in [1.807, 2.05) is 30.3 Å². The number of amides is 1. The topological polar surface area (TPSA) is 42.0 Å². The van der Waals surface area contributed by atoms with Gasteiger partial charge in [-0.25, -0.2) is 4.98 Å². The van der Waals surface area contributed by atoms with E-state index in [9.17, 15) is 4.79 Å². The maximum atomic E-state index is 12.3. The van der Waals surface area contributed by atoms with Crippen molar-refractivity contribution < 1.29 is 4.79 Å². The zero-order valence-electron chi connectivity index (χ0n) is 16.8. The number of hydrogen-bond acceptors (Lipinski definition) is 3. The Balaban J connectivity index is 1.66. The number of rotatable bonds is 3. The SMILES string of the molecule is Cc1cccc(-c2nc(/C=C3\NC(=O)c4ccccc43)sc2-c2cccc(C)c2)c1. The van der Waals surface area contributed by atoms with Crippen molar-refractivity contribution in [3.63, 3.8) is 0 Å². The summed E-state index contributed by atoms with van der Waals surface area (Å²) >= 11 is 1.65. The van der Waals surface area contributed by atoms with E-state index in [-0.39, 0.29) is 5.91 Å². The molecule has 0 unspecified atom stereocenters. The third kappa shape index (κ3) is 3.36. The molecule has 0 spiro atoms. The van der Waals surface area contributed by atoms with Crippen LogP contribution in [0, 0.1) is 13.8 Å². The van der Waals surface area contributed by atoms with Gasteiger partial charge in [-0.2, -0.15) is 0 Å². The molecule has 4 heteroatoms. The number of carbonyl (C=O) groups excluding carboxylic acids is 1. The molecule has 1 aromatic heterocycles. The summed E-state index contributed by atoms with van der Waals surface area (Å²) in [6, 6.07) is 24.6. The van der Waals surface area contributed by atoms with E-state index in [1.165, 1.54) is 11.1 Å². The molecule has 1 aliphatic heterocycles. The highest BCUT2D eigenvalue weighted by Gasteiger charge is 2.23. The molecule has 146 valence electrons. The molecule has 2 heterocycles. The van der Waals surface area contributed by atoms with E-state index in [0.717, 1.165) is 38.0 Å². The first-order valence-corrected chi connectivity index (χ1v) is 10.7. The number of aromatic nitrogens is 1. The fourth-order valence-corrected chi connectivity index (χ4v) is 4.81. The monoisotopic (exact) mass is 408 g/mol. The molecular weight excluding hydrogens is 388 g/mol. The fourth-order valence-electron chi connectivity index (χ4n) is 3.78. The molecule has 0 atom stereocenters. The van der Waals surface area contributed by atoms with E-state index < -0.39 is 0 Å². The Morgan fingerprint density at radius 1 is 0.833 bits per heavy atom. The molecule has 5 rings (SSSR count). The van der Waals surface area contributed by atoms with Gasteiger partial charge in [-0.3, -0.25) is 4.79 Å². The average Bonchev–Trinajstić information content (AvgIpc) is 3.30. The van der Waals surface area contributed by atoms with Crippen LogP contribution in [0.3, 0.4) is 0 Å². The Morgan fingerprint density at radius 3 is 2.23 bits per heavy atom. The average molecular weight is 409 g/mol. The van der Waals surface area contributed by atoms with Gasteiger partial charge in [0.15, 0.2) is 0 Å². The van der Waals surface area contributed by atoms with Gasteiger partial charge in [0, 0.05) is 16.7 Å². The Bertz CT molecular complexity index is 1250. The van der Waals surface area contributed by atoms with E-state index >= 15 is 0 Å². The molecule has 0 fully saturated rings. The molecule has 0 saturated heterocycles. The fraction of sp³-hybridized carbons (Fsp3) is 0.0769. The molecule has 0 saturated carbocycles. The van der Waals surface area contributed by atoms with E-state index in [2.05, 4.69) is 67.7 Å². The van der Waals surface area contributed by atoms with E-state index in [4.69, 9.17) is 4.98 Å². The minimum absolute atomic E-state index is 0.0637. The second-order valence-corrected chi connectivity index (χ2v) is 8.56. The van der Waals surface area contributed by atoms with Crippen molar-refractivity contribution in [2.24, 2.45) is 0 Å². The third-order valence-electron chi connectivity index (χ3n) is 5.19. The molecule has 30 heavy (non-hydrogen) atoms.